The predicted molar refractivity (Wildman–Crippen MR) is 73.3 cm³/mol. The molecule has 0 bridgehead atoms. The van der Waals surface area contributed by atoms with Crippen LogP contribution in [0.4, 0.5) is 0 Å². The number of nitrogens with one attached hydrogen (secondary N) is 2. The molecular formula is C13H10N4O3. The second-order valence-electron chi connectivity index (χ2n) is 4.34. The Morgan fingerprint density at radius 2 is 1.80 bits per heavy atom. The van der Waals surface area contributed by atoms with Crippen LogP contribution >= 0.6 is 0 Å². The van der Waals surface area contributed by atoms with Gasteiger partial charge in [0, 0.05) is 11.8 Å². The normalized spacial score (nSPS) is 10.8. The molecule has 0 aliphatic rings. The number of fused-ring (bicyclic) bond motifs is 1. The lowest BCUT2D eigenvalue weighted by molar-refractivity contribution is 0.739. The van der Waals surface area contributed by atoms with Gasteiger partial charge in [-0.05, 0) is 19.1 Å². The minimum Gasteiger partial charge on any atom is -0.291 e. The van der Waals surface area contributed by atoms with Gasteiger partial charge in [0.05, 0.1) is 10.8 Å². The average molecular weight is 270 g/mol. The minimum absolute atomic E-state index is 0.0112. The van der Waals surface area contributed by atoms with Crippen molar-refractivity contribution in [2.75, 3.05) is 0 Å². The maximum Gasteiger partial charge on any atom is 0.280 e. The molecule has 0 saturated heterocycles. The van der Waals surface area contributed by atoms with Crippen molar-refractivity contribution >= 4 is 10.8 Å². The van der Waals surface area contributed by atoms with Gasteiger partial charge in [0.15, 0.2) is 0 Å². The summed E-state index contributed by atoms with van der Waals surface area (Å²) in [5.74, 6) is -0.0112. The summed E-state index contributed by atoms with van der Waals surface area (Å²) in [7, 11) is 0. The van der Waals surface area contributed by atoms with E-state index in [0.29, 0.717) is 11.1 Å². The van der Waals surface area contributed by atoms with Crippen LogP contribution in [0.15, 0.2) is 44.7 Å². The number of rotatable bonds is 1. The Hall–Kier alpha value is -2.96. The maximum atomic E-state index is 12.3. The van der Waals surface area contributed by atoms with Crippen LogP contribution in [-0.4, -0.2) is 19.7 Å². The van der Waals surface area contributed by atoms with Gasteiger partial charge in [-0.25, -0.2) is 4.98 Å². The summed E-state index contributed by atoms with van der Waals surface area (Å²) in [5, 5.41) is 2.96. The van der Waals surface area contributed by atoms with Crippen molar-refractivity contribution in [3.63, 3.8) is 0 Å². The summed E-state index contributed by atoms with van der Waals surface area (Å²) in [5.41, 5.74) is -0.823. The van der Waals surface area contributed by atoms with Crippen LogP contribution in [0.1, 0.15) is 5.69 Å². The second kappa shape index (κ2) is 4.30. The number of aromatic amines is 2. The fourth-order valence-corrected chi connectivity index (χ4v) is 2.02. The van der Waals surface area contributed by atoms with E-state index >= 15 is 0 Å². The zero-order chi connectivity index (χ0) is 14.3. The Balaban J connectivity index is 2.43. The summed E-state index contributed by atoms with van der Waals surface area (Å²) in [6.45, 7) is 1.63. The number of aryl methyl sites for hydroxylation is 1. The summed E-state index contributed by atoms with van der Waals surface area (Å²) in [6.07, 6.45) is 0. The smallest absolute Gasteiger partial charge is 0.280 e. The standard InChI is InChI=1S/C13H10N4O3/c1-7-6-10(18)15-13(14-7)17-12(20)9-5-3-2-4-8(9)11(19)16-17/h2-6H,1H3,(H,16,19)(H,14,15,18). The summed E-state index contributed by atoms with van der Waals surface area (Å²) in [4.78, 5) is 42.2. The third-order valence-corrected chi connectivity index (χ3v) is 2.89. The van der Waals surface area contributed by atoms with Gasteiger partial charge in [-0.2, -0.15) is 4.68 Å². The van der Waals surface area contributed by atoms with E-state index in [-0.39, 0.29) is 11.3 Å². The molecule has 2 heterocycles. The Bertz CT molecular complexity index is 981. The van der Waals surface area contributed by atoms with Crippen LogP contribution in [0.2, 0.25) is 0 Å². The lowest BCUT2D eigenvalue weighted by Gasteiger charge is -2.06. The molecule has 100 valence electrons. The van der Waals surface area contributed by atoms with E-state index in [1.54, 1.807) is 31.2 Å². The Morgan fingerprint density at radius 1 is 1.10 bits per heavy atom. The lowest BCUT2D eigenvalue weighted by Crippen LogP contribution is -2.31. The largest absolute Gasteiger partial charge is 0.291 e. The van der Waals surface area contributed by atoms with Crippen molar-refractivity contribution in [2.24, 2.45) is 0 Å². The second-order valence-corrected chi connectivity index (χ2v) is 4.34. The molecule has 7 nitrogen and oxygen atoms in total. The number of hydrogen-bond donors (Lipinski definition) is 2. The third-order valence-electron chi connectivity index (χ3n) is 2.89. The van der Waals surface area contributed by atoms with Crippen LogP contribution < -0.4 is 16.7 Å². The van der Waals surface area contributed by atoms with Crippen molar-refractivity contribution in [1.29, 1.82) is 0 Å². The zero-order valence-corrected chi connectivity index (χ0v) is 10.5. The van der Waals surface area contributed by atoms with Crippen molar-refractivity contribution in [3.8, 4) is 5.95 Å². The first kappa shape index (κ1) is 12.1. The van der Waals surface area contributed by atoms with E-state index in [4.69, 9.17) is 0 Å². The first-order valence-electron chi connectivity index (χ1n) is 5.89. The number of benzene rings is 1. The van der Waals surface area contributed by atoms with Gasteiger partial charge < -0.3 is 0 Å². The average Bonchev–Trinajstić information content (AvgIpc) is 2.42. The molecule has 0 fully saturated rings. The van der Waals surface area contributed by atoms with E-state index in [2.05, 4.69) is 15.1 Å². The van der Waals surface area contributed by atoms with Gasteiger partial charge in [-0.15, -0.1) is 0 Å². The SMILES string of the molecule is Cc1cc(=O)[nH]c(-n2[nH]c(=O)c3ccccc3c2=O)n1. The van der Waals surface area contributed by atoms with Gasteiger partial charge in [0.2, 0.25) is 5.95 Å². The highest BCUT2D eigenvalue weighted by Gasteiger charge is 2.10. The minimum atomic E-state index is -0.450. The van der Waals surface area contributed by atoms with Crippen molar-refractivity contribution in [1.82, 2.24) is 19.7 Å². The predicted octanol–water partition coefficient (Wildman–Crippen LogP) is 0.0707. The molecule has 0 unspecified atom stereocenters. The first-order valence-corrected chi connectivity index (χ1v) is 5.89. The Morgan fingerprint density at radius 3 is 2.50 bits per heavy atom. The highest BCUT2D eigenvalue weighted by molar-refractivity contribution is 5.80. The van der Waals surface area contributed by atoms with Gasteiger partial charge in [0.25, 0.3) is 16.7 Å². The van der Waals surface area contributed by atoms with Crippen molar-refractivity contribution in [2.45, 2.75) is 6.92 Å². The molecule has 0 amide bonds. The molecule has 3 rings (SSSR count). The Labute approximate surface area is 111 Å². The van der Waals surface area contributed by atoms with Gasteiger partial charge in [0.1, 0.15) is 0 Å². The molecule has 1 aromatic carbocycles. The summed E-state index contributed by atoms with van der Waals surface area (Å²) >= 11 is 0. The van der Waals surface area contributed by atoms with Gasteiger partial charge in [-0.1, -0.05) is 12.1 Å². The van der Waals surface area contributed by atoms with E-state index < -0.39 is 16.7 Å². The quantitative estimate of drug-likeness (QED) is 0.653. The van der Waals surface area contributed by atoms with Crippen LogP contribution in [0.3, 0.4) is 0 Å². The summed E-state index contributed by atoms with van der Waals surface area (Å²) < 4.78 is 0.944. The molecule has 0 spiro atoms. The molecule has 0 aliphatic carbocycles. The van der Waals surface area contributed by atoms with E-state index in [9.17, 15) is 14.4 Å². The van der Waals surface area contributed by atoms with Crippen LogP contribution in [0.25, 0.3) is 16.7 Å². The zero-order valence-electron chi connectivity index (χ0n) is 10.5. The monoisotopic (exact) mass is 270 g/mol. The summed E-state index contributed by atoms with van der Waals surface area (Å²) in [6, 6.07) is 7.76. The van der Waals surface area contributed by atoms with E-state index in [1.165, 1.54) is 6.07 Å². The molecule has 20 heavy (non-hydrogen) atoms. The molecule has 0 atom stereocenters. The topological polar surface area (TPSA) is 101 Å². The van der Waals surface area contributed by atoms with E-state index in [0.717, 1.165) is 4.68 Å². The van der Waals surface area contributed by atoms with Crippen LogP contribution in [0.5, 0.6) is 0 Å². The van der Waals surface area contributed by atoms with Crippen molar-refractivity contribution < 1.29 is 0 Å². The Kier molecular flexibility index (Phi) is 2.60. The van der Waals surface area contributed by atoms with Crippen LogP contribution in [-0.2, 0) is 0 Å². The van der Waals surface area contributed by atoms with Gasteiger partial charge in [-0.3, -0.25) is 24.5 Å². The molecule has 0 aliphatic heterocycles. The highest BCUT2D eigenvalue weighted by atomic mass is 16.2. The molecular weight excluding hydrogens is 260 g/mol. The number of hydrogen-bond acceptors (Lipinski definition) is 4. The maximum absolute atomic E-state index is 12.3. The first-order chi connectivity index (χ1) is 9.56. The molecule has 0 radical (unpaired) electrons. The molecule has 2 aromatic heterocycles. The molecule has 7 heteroatoms. The third kappa shape index (κ3) is 1.85. The fraction of sp³-hybridized carbons (Fsp3) is 0.0769. The van der Waals surface area contributed by atoms with Crippen molar-refractivity contribution in [3.05, 3.63) is 67.1 Å². The molecule has 3 aromatic rings. The highest BCUT2D eigenvalue weighted by Crippen LogP contribution is 2.03. The fourth-order valence-electron chi connectivity index (χ4n) is 2.02. The van der Waals surface area contributed by atoms with E-state index in [1.807, 2.05) is 0 Å². The molecule has 2 N–H and O–H groups in total. The number of aromatic nitrogens is 4. The van der Waals surface area contributed by atoms with Crippen LogP contribution in [0, 0.1) is 6.92 Å². The number of H-pyrrole nitrogens is 2. The molecule has 0 saturated carbocycles. The number of nitrogens with zero attached hydrogens (tertiary/aromatic N) is 2. The van der Waals surface area contributed by atoms with Gasteiger partial charge >= 0.3 is 0 Å². The lowest BCUT2D eigenvalue weighted by atomic mass is 10.2.